The highest BCUT2D eigenvalue weighted by atomic mass is 32.2. The van der Waals surface area contributed by atoms with Crippen molar-refractivity contribution in [3.05, 3.63) is 36.2 Å². The molecule has 3 rings (SSSR count). The first kappa shape index (κ1) is 12.7. The first-order chi connectivity index (χ1) is 9.81. The van der Waals surface area contributed by atoms with E-state index in [0.717, 1.165) is 5.56 Å². The van der Waals surface area contributed by atoms with Gasteiger partial charge in [-0.3, -0.25) is 9.40 Å². The molecule has 1 N–H and O–H groups in total. The SMILES string of the molecule is COc1cc(Cn2cccn2)cc2onc(N[SH]=O)c12. The number of hydrogen-bond donors (Lipinski definition) is 2. The van der Waals surface area contributed by atoms with Crippen molar-refractivity contribution < 1.29 is 13.5 Å². The van der Waals surface area contributed by atoms with Crippen LogP contribution in [0.1, 0.15) is 5.56 Å². The third-order valence-corrected chi connectivity index (χ3v) is 3.18. The largest absolute Gasteiger partial charge is 0.496 e. The van der Waals surface area contributed by atoms with E-state index >= 15 is 0 Å². The van der Waals surface area contributed by atoms with E-state index in [9.17, 15) is 4.21 Å². The minimum absolute atomic E-state index is 0.245. The number of anilines is 1. The van der Waals surface area contributed by atoms with Crippen molar-refractivity contribution in [2.75, 3.05) is 11.8 Å². The Balaban J connectivity index is 2.06. The van der Waals surface area contributed by atoms with Crippen molar-refractivity contribution in [3.8, 4) is 5.75 Å². The number of fused-ring (bicyclic) bond motifs is 1. The second-order valence-corrected chi connectivity index (χ2v) is 4.52. The van der Waals surface area contributed by atoms with Gasteiger partial charge in [0.2, 0.25) is 0 Å². The number of nitrogens with zero attached hydrogens (tertiary/aromatic N) is 3. The number of hydrogen-bond acceptors (Lipinski definition) is 5. The van der Waals surface area contributed by atoms with Crippen LogP contribution in [0.15, 0.2) is 35.1 Å². The summed E-state index contributed by atoms with van der Waals surface area (Å²) in [4.78, 5) is 0. The molecule has 1 aromatic carbocycles. The lowest BCUT2D eigenvalue weighted by Crippen LogP contribution is -2.00. The fourth-order valence-corrected chi connectivity index (χ4v) is 2.28. The zero-order chi connectivity index (χ0) is 13.9. The van der Waals surface area contributed by atoms with E-state index in [4.69, 9.17) is 9.26 Å². The van der Waals surface area contributed by atoms with E-state index < -0.39 is 0 Å². The Bertz CT molecular complexity index is 739. The molecule has 0 bridgehead atoms. The highest BCUT2D eigenvalue weighted by Crippen LogP contribution is 2.33. The lowest BCUT2D eigenvalue weighted by Gasteiger charge is -2.06. The quantitative estimate of drug-likeness (QED) is 0.694. The molecule has 0 saturated heterocycles. The number of thiol groups is 1. The van der Waals surface area contributed by atoms with Gasteiger partial charge in [0.05, 0.1) is 13.7 Å². The van der Waals surface area contributed by atoms with E-state index in [1.807, 2.05) is 24.4 Å². The summed E-state index contributed by atoms with van der Waals surface area (Å²) in [7, 11) is 1.57. The summed E-state index contributed by atoms with van der Waals surface area (Å²) in [5, 5.41) is 8.66. The lowest BCUT2D eigenvalue weighted by molar-refractivity contribution is 0.418. The van der Waals surface area contributed by atoms with Gasteiger partial charge >= 0.3 is 0 Å². The first-order valence-corrected chi connectivity index (χ1v) is 6.65. The van der Waals surface area contributed by atoms with Crippen LogP contribution in [0.3, 0.4) is 0 Å². The minimum atomic E-state index is -0.245. The second-order valence-electron chi connectivity index (χ2n) is 4.11. The molecular formula is C12H12N4O3S. The molecule has 0 radical (unpaired) electrons. The Labute approximate surface area is 118 Å². The molecule has 0 atom stereocenters. The molecule has 20 heavy (non-hydrogen) atoms. The summed E-state index contributed by atoms with van der Waals surface area (Å²) >= 11 is -0.245. The molecule has 3 aromatic rings. The summed E-state index contributed by atoms with van der Waals surface area (Å²) < 4.78 is 25.6. The van der Waals surface area contributed by atoms with Gasteiger partial charge in [-0.25, -0.2) is 4.21 Å². The zero-order valence-electron chi connectivity index (χ0n) is 10.6. The Morgan fingerprint density at radius 1 is 1.50 bits per heavy atom. The molecule has 0 amide bonds. The average molecular weight is 292 g/mol. The second kappa shape index (κ2) is 5.33. The molecule has 104 valence electrons. The van der Waals surface area contributed by atoms with E-state index in [1.54, 1.807) is 18.0 Å². The van der Waals surface area contributed by atoms with Crippen LogP contribution in [0.2, 0.25) is 0 Å². The van der Waals surface area contributed by atoms with E-state index in [-0.39, 0.29) is 11.9 Å². The van der Waals surface area contributed by atoms with Gasteiger partial charge < -0.3 is 9.26 Å². The Kier molecular flexibility index (Phi) is 3.38. The molecular weight excluding hydrogens is 280 g/mol. The van der Waals surface area contributed by atoms with Crippen LogP contribution >= 0.6 is 0 Å². The molecule has 2 aromatic heterocycles. The van der Waals surface area contributed by atoms with Gasteiger partial charge in [0, 0.05) is 12.4 Å². The van der Waals surface area contributed by atoms with Crippen LogP contribution in [0.25, 0.3) is 11.0 Å². The van der Waals surface area contributed by atoms with Gasteiger partial charge in [0.1, 0.15) is 23.0 Å². The summed E-state index contributed by atoms with van der Waals surface area (Å²) in [6.07, 6.45) is 3.60. The van der Waals surface area contributed by atoms with E-state index in [2.05, 4.69) is 15.0 Å². The first-order valence-electron chi connectivity index (χ1n) is 5.84. The summed E-state index contributed by atoms with van der Waals surface area (Å²) in [6.45, 7) is 0.600. The molecule has 0 saturated carbocycles. The summed E-state index contributed by atoms with van der Waals surface area (Å²) in [5.74, 6) is 0.996. The number of ether oxygens (including phenoxy) is 1. The maximum atomic E-state index is 10.6. The van der Waals surface area contributed by atoms with Gasteiger partial charge in [-0.05, 0) is 23.8 Å². The van der Waals surface area contributed by atoms with Gasteiger partial charge in [-0.1, -0.05) is 5.16 Å². The van der Waals surface area contributed by atoms with Crippen molar-refractivity contribution in [1.82, 2.24) is 14.9 Å². The average Bonchev–Trinajstić information content (AvgIpc) is 3.09. The van der Waals surface area contributed by atoms with Crippen molar-refractivity contribution in [2.24, 2.45) is 0 Å². The predicted molar refractivity (Wildman–Crippen MR) is 75.1 cm³/mol. The lowest BCUT2D eigenvalue weighted by atomic mass is 10.1. The minimum Gasteiger partial charge on any atom is -0.496 e. The van der Waals surface area contributed by atoms with Gasteiger partial charge in [-0.15, -0.1) is 0 Å². The molecule has 0 unspecified atom stereocenters. The monoisotopic (exact) mass is 292 g/mol. The van der Waals surface area contributed by atoms with Crippen molar-refractivity contribution in [2.45, 2.75) is 6.54 Å². The molecule has 0 fully saturated rings. The van der Waals surface area contributed by atoms with Crippen molar-refractivity contribution in [1.29, 1.82) is 0 Å². The predicted octanol–water partition coefficient (Wildman–Crippen LogP) is 1.35. The molecule has 0 aliphatic heterocycles. The van der Waals surface area contributed by atoms with Gasteiger partial charge in [-0.2, -0.15) is 5.10 Å². The standard InChI is InChI=1S/C12H12N4O3S/c1-18-9-5-8(7-16-4-2-3-13-16)6-10-11(9)12(14-19-10)15-20-17/h2-6,20H,7H2,1H3,(H,14,15,17). The third kappa shape index (κ3) is 2.25. The van der Waals surface area contributed by atoms with Crippen molar-refractivity contribution in [3.63, 3.8) is 0 Å². The van der Waals surface area contributed by atoms with Crippen LogP contribution in [0.5, 0.6) is 5.75 Å². The third-order valence-electron chi connectivity index (χ3n) is 2.87. The topological polar surface area (TPSA) is 82.2 Å². The smallest absolute Gasteiger partial charge is 0.192 e. The number of aromatic nitrogens is 3. The highest BCUT2D eigenvalue weighted by Gasteiger charge is 2.15. The van der Waals surface area contributed by atoms with Crippen LogP contribution < -0.4 is 9.46 Å². The fraction of sp³-hybridized carbons (Fsp3) is 0.167. The Hall–Kier alpha value is -2.35. The van der Waals surface area contributed by atoms with Crippen LogP contribution in [0.4, 0.5) is 5.82 Å². The van der Waals surface area contributed by atoms with Crippen LogP contribution in [0, 0.1) is 0 Å². The fourth-order valence-electron chi connectivity index (χ4n) is 2.04. The van der Waals surface area contributed by atoms with E-state index in [0.29, 0.717) is 29.1 Å². The number of benzene rings is 1. The van der Waals surface area contributed by atoms with Crippen LogP contribution in [-0.2, 0) is 18.4 Å². The Morgan fingerprint density at radius 3 is 3.10 bits per heavy atom. The molecule has 2 heterocycles. The van der Waals surface area contributed by atoms with E-state index in [1.165, 1.54) is 0 Å². The summed E-state index contributed by atoms with van der Waals surface area (Å²) in [6, 6.07) is 5.60. The number of methoxy groups -OCH3 is 1. The molecule has 8 heteroatoms. The molecule has 0 spiro atoms. The maximum absolute atomic E-state index is 10.6. The normalized spacial score (nSPS) is 10.8. The summed E-state index contributed by atoms with van der Waals surface area (Å²) in [5.41, 5.74) is 1.54. The zero-order valence-corrected chi connectivity index (χ0v) is 11.5. The molecule has 0 aliphatic rings. The number of rotatable bonds is 5. The van der Waals surface area contributed by atoms with Crippen LogP contribution in [-0.4, -0.2) is 26.3 Å². The van der Waals surface area contributed by atoms with Crippen molar-refractivity contribution >= 4 is 28.6 Å². The maximum Gasteiger partial charge on any atom is 0.192 e. The Morgan fingerprint density at radius 2 is 2.40 bits per heavy atom. The molecule has 7 nitrogen and oxygen atoms in total. The van der Waals surface area contributed by atoms with Gasteiger partial charge in [0.15, 0.2) is 11.4 Å². The van der Waals surface area contributed by atoms with Gasteiger partial charge in [0.25, 0.3) is 0 Å². The number of nitrogens with one attached hydrogen (secondary N) is 1. The highest BCUT2D eigenvalue weighted by molar-refractivity contribution is 7.67. The molecule has 0 aliphatic carbocycles.